The number of H-pyrrole nitrogens is 1. The van der Waals surface area contributed by atoms with Crippen LogP contribution < -0.4 is 10.6 Å². The lowest BCUT2D eigenvalue weighted by molar-refractivity contribution is 0.160. The Morgan fingerprint density at radius 3 is 2.79 bits per heavy atom. The second kappa shape index (κ2) is 9.91. The zero-order chi connectivity index (χ0) is 19.9. The lowest BCUT2D eigenvalue weighted by Crippen LogP contribution is -2.49. The highest BCUT2D eigenvalue weighted by atomic mass is 16.3. The fourth-order valence-corrected chi connectivity index (χ4v) is 4.44. The zero-order valence-corrected chi connectivity index (χ0v) is 17.4. The number of piperidine rings is 1. The van der Waals surface area contributed by atoms with Gasteiger partial charge in [0.2, 0.25) is 5.82 Å². The van der Waals surface area contributed by atoms with E-state index in [1.165, 1.54) is 64.6 Å². The molecule has 0 aromatic carbocycles. The van der Waals surface area contributed by atoms with Gasteiger partial charge in [-0.1, -0.05) is 19.3 Å². The van der Waals surface area contributed by atoms with Crippen molar-refractivity contribution in [2.75, 3.05) is 26.7 Å². The molecule has 3 heterocycles. The molecule has 8 heteroatoms. The van der Waals surface area contributed by atoms with Crippen LogP contribution >= 0.6 is 0 Å². The molecule has 3 N–H and O–H groups in total. The molecule has 2 fully saturated rings. The van der Waals surface area contributed by atoms with E-state index in [-0.39, 0.29) is 0 Å². The fraction of sp³-hybridized carbons (Fsp3) is 0.667. The standard InChI is InChI=1S/C21H33N7O/c1-22-21(23-14-19-25-20(27-26-19)18-8-5-13-29-18)24-17-9-11-28(12-10-17)15-16-6-3-2-4-7-16/h5,8,13,16-17H,2-4,6-7,9-12,14-15H2,1H3,(H2,22,23,24)(H,25,26,27). The number of nitrogens with one attached hydrogen (secondary N) is 3. The Bertz CT molecular complexity index is 756. The van der Waals surface area contributed by atoms with Crippen LogP contribution in [0.5, 0.6) is 0 Å². The van der Waals surface area contributed by atoms with Gasteiger partial charge in [0.05, 0.1) is 12.8 Å². The summed E-state index contributed by atoms with van der Waals surface area (Å²) in [6.45, 7) is 4.19. The zero-order valence-electron chi connectivity index (χ0n) is 17.4. The van der Waals surface area contributed by atoms with Crippen LogP contribution in [0.15, 0.2) is 27.8 Å². The van der Waals surface area contributed by atoms with Crippen LogP contribution in [0.2, 0.25) is 0 Å². The van der Waals surface area contributed by atoms with Crippen LogP contribution in [0.1, 0.15) is 50.8 Å². The second-order valence-electron chi connectivity index (χ2n) is 8.23. The SMILES string of the molecule is CN=C(NCc1nc(-c2ccco2)n[nH]1)NC1CCN(CC2CCCCC2)CC1. The molecule has 1 aliphatic heterocycles. The van der Waals surface area contributed by atoms with Gasteiger partial charge in [0.15, 0.2) is 11.7 Å². The molecule has 1 saturated carbocycles. The Kier molecular flexibility index (Phi) is 6.82. The number of aromatic nitrogens is 3. The van der Waals surface area contributed by atoms with Crippen molar-refractivity contribution < 1.29 is 4.42 Å². The van der Waals surface area contributed by atoms with Crippen LogP contribution in [0, 0.1) is 5.92 Å². The third kappa shape index (κ3) is 5.59. The molecule has 8 nitrogen and oxygen atoms in total. The van der Waals surface area contributed by atoms with E-state index in [0.29, 0.717) is 24.2 Å². The van der Waals surface area contributed by atoms with Crippen molar-refractivity contribution >= 4 is 5.96 Å². The first-order valence-corrected chi connectivity index (χ1v) is 10.9. The van der Waals surface area contributed by atoms with Gasteiger partial charge in [-0.2, -0.15) is 0 Å². The van der Waals surface area contributed by atoms with Crippen molar-refractivity contribution in [1.82, 2.24) is 30.7 Å². The quantitative estimate of drug-likeness (QED) is 0.511. The van der Waals surface area contributed by atoms with Crippen molar-refractivity contribution in [3.8, 4) is 11.6 Å². The molecule has 29 heavy (non-hydrogen) atoms. The van der Waals surface area contributed by atoms with Crippen LogP contribution in [0.4, 0.5) is 0 Å². The molecule has 0 spiro atoms. The van der Waals surface area contributed by atoms with Crippen molar-refractivity contribution in [3.63, 3.8) is 0 Å². The third-order valence-electron chi connectivity index (χ3n) is 6.09. The lowest BCUT2D eigenvalue weighted by atomic mass is 9.88. The summed E-state index contributed by atoms with van der Waals surface area (Å²) in [5.74, 6) is 3.72. The smallest absolute Gasteiger partial charge is 0.216 e. The molecule has 0 bridgehead atoms. The maximum Gasteiger partial charge on any atom is 0.216 e. The van der Waals surface area contributed by atoms with Gasteiger partial charge in [-0.25, -0.2) is 4.98 Å². The molecule has 2 aromatic rings. The van der Waals surface area contributed by atoms with Crippen molar-refractivity contribution in [1.29, 1.82) is 0 Å². The van der Waals surface area contributed by atoms with Crippen molar-refractivity contribution in [2.24, 2.45) is 10.9 Å². The number of guanidine groups is 1. The summed E-state index contributed by atoms with van der Waals surface area (Å²) in [6, 6.07) is 4.15. The van der Waals surface area contributed by atoms with E-state index in [1.807, 2.05) is 19.2 Å². The first-order valence-electron chi connectivity index (χ1n) is 10.9. The third-order valence-corrected chi connectivity index (χ3v) is 6.09. The molecule has 1 aliphatic carbocycles. The van der Waals surface area contributed by atoms with Crippen molar-refractivity contribution in [2.45, 2.75) is 57.5 Å². The first kappa shape index (κ1) is 19.9. The number of nitrogens with zero attached hydrogens (tertiary/aromatic N) is 4. The molecule has 158 valence electrons. The van der Waals surface area contributed by atoms with Gasteiger partial charge in [-0.15, -0.1) is 5.10 Å². The molecule has 0 amide bonds. The van der Waals surface area contributed by atoms with Crippen molar-refractivity contribution in [3.05, 3.63) is 24.2 Å². The van der Waals surface area contributed by atoms with E-state index in [1.54, 1.807) is 6.26 Å². The summed E-state index contributed by atoms with van der Waals surface area (Å²) < 4.78 is 5.33. The van der Waals surface area contributed by atoms with Gasteiger partial charge in [0.1, 0.15) is 5.82 Å². The Morgan fingerprint density at radius 2 is 2.07 bits per heavy atom. The van der Waals surface area contributed by atoms with E-state index in [9.17, 15) is 0 Å². The molecule has 4 rings (SSSR count). The molecule has 2 aliphatic rings. The van der Waals surface area contributed by atoms with Gasteiger partial charge in [-0.3, -0.25) is 10.1 Å². The average Bonchev–Trinajstić information content (AvgIpc) is 3.45. The van der Waals surface area contributed by atoms with Gasteiger partial charge in [-0.05, 0) is 43.7 Å². The van der Waals surface area contributed by atoms with E-state index < -0.39 is 0 Å². The summed E-state index contributed by atoms with van der Waals surface area (Å²) in [6.07, 6.45) is 11.1. The normalized spacial score (nSPS) is 20.1. The first-order chi connectivity index (χ1) is 14.3. The monoisotopic (exact) mass is 399 g/mol. The molecular weight excluding hydrogens is 366 g/mol. The summed E-state index contributed by atoms with van der Waals surface area (Å²) in [7, 11) is 1.81. The Labute approximate surface area is 172 Å². The van der Waals surface area contributed by atoms with Gasteiger partial charge < -0.3 is 20.0 Å². The number of likely N-dealkylation sites (tertiary alicyclic amines) is 1. The maximum absolute atomic E-state index is 5.33. The number of hydrogen-bond donors (Lipinski definition) is 3. The number of rotatable bonds is 6. The number of aliphatic imine (C=N–C) groups is 1. The predicted molar refractivity (Wildman–Crippen MR) is 113 cm³/mol. The van der Waals surface area contributed by atoms with Crippen LogP contribution in [-0.2, 0) is 6.54 Å². The highest BCUT2D eigenvalue weighted by Gasteiger charge is 2.23. The highest BCUT2D eigenvalue weighted by molar-refractivity contribution is 5.79. The number of furan rings is 1. The summed E-state index contributed by atoms with van der Waals surface area (Å²) >= 11 is 0. The van der Waals surface area contributed by atoms with E-state index in [2.05, 4.69) is 35.7 Å². The molecule has 0 unspecified atom stereocenters. The molecule has 0 radical (unpaired) electrons. The molecule has 2 aromatic heterocycles. The van der Waals surface area contributed by atoms with E-state index >= 15 is 0 Å². The summed E-state index contributed by atoms with van der Waals surface area (Å²) in [5.41, 5.74) is 0. The van der Waals surface area contributed by atoms with E-state index in [4.69, 9.17) is 4.42 Å². The fourth-order valence-electron chi connectivity index (χ4n) is 4.44. The number of aromatic amines is 1. The predicted octanol–water partition coefficient (Wildman–Crippen LogP) is 2.77. The highest BCUT2D eigenvalue weighted by Crippen LogP contribution is 2.25. The average molecular weight is 400 g/mol. The molecule has 0 atom stereocenters. The molecular formula is C21H33N7O. The largest absolute Gasteiger partial charge is 0.461 e. The number of hydrogen-bond acceptors (Lipinski definition) is 5. The second-order valence-corrected chi connectivity index (χ2v) is 8.23. The van der Waals surface area contributed by atoms with Crippen LogP contribution in [0.25, 0.3) is 11.6 Å². The van der Waals surface area contributed by atoms with Gasteiger partial charge >= 0.3 is 0 Å². The minimum absolute atomic E-state index is 0.470. The van der Waals surface area contributed by atoms with Gasteiger partial charge in [0, 0.05) is 32.7 Å². The van der Waals surface area contributed by atoms with E-state index in [0.717, 1.165) is 17.7 Å². The molecule has 1 saturated heterocycles. The lowest BCUT2D eigenvalue weighted by Gasteiger charge is -2.36. The van der Waals surface area contributed by atoms with Crippen LogP contribution in [0.3, 0.4) is 0 Å². The maximum atomic E-state index is 5.33. The Morgan fingerprint density at radius 1 is 1.24 bits per heavy atom. The minimum Gasteiger partial charge on any atom is -0.461 e. The van der Waals surface area contributed by atoms with Gasteiger partial charge in [0.25, 0.3) is 0 Å². The van der Waals surface area contributed by atoms with Crippen LogP contribution in [-0.4, -0.2) is 58.8 Å². The summed E-state index contributed by atoms with van der Waals surface area (Å²) in [5, 5.41) is 14.0. The topological polar surface area (TPSA) is 94.4 Å². The Hall–Kier alpha value is -2.35. The summed E-state index contributed by atoms with van der Waals surface area (Å²) in [4.78, 5) is 11.5. The Balaban J connectivity index is 1.19. The minimum atomic E-state index is 0.470.